The van der Waals surface area contributed by atoms with Crippen molar-refractivity contribution in [2.75, 3.05) is 13.2 Å². The predicted molar refractivity (Wildman–Crippen MR) is 159 cm³/mol. The number of carbonyl (C=O) groups excluding carboxylic acids is 4. The van der Waals surface area contributed by atoms with Crippen molar-refractivity contribution in [3.8, 4) is 5.75 Å². The van der Waals surface area contributed by atoms with Gasteiger partial charge < -0.3 is 20.7 Å². The third-order valence-electron chi connectivity index (χ3n) is 6.48. The van der Waals surface area contributed by atoms with Crippen LogP contribution in [-0.4, -0.2) is 54.7 Å². The zero-order valence-electron chi connectivity index (χ0n) is 23.8. The van der Waals surface area contributed by atoms with Gasteiger partial charge >= 0.3 is 5.92 Å². The van der Waals surface area contributed by atoms with E-state index >= 15 is 8.78 Å². The van der Waals surface area contributed by atoms with E-state index in [1.807, 2.05) is 0 Å². The first-order valence-corrected chi connectivity index (χ1v) is 14.1. The molecule has 0 spiro atoms. The summed E-state index contributed by atoms with van der Waals surface area (Å²) in [5, 5.41) is 7.41. The number of amides is 3. The van der Waals surface area contributed by atoms with Crippen LogP contribution in [0, 0.1) is 5.92 Å². The van der Waals surface area contributed by atoms with Crippen molar-refractivity contribution in [3.05, 3.63) is 101 Å². The van der Waals surface area contributed by atoms with Gasteiger partial charge in [-0.3, -0.25) is 19.2 Å². The number of alkyl halides is 2. The second-order valence-corrected chi connectivity index (χ2v) is 10.7. The first-order valence-electron chi connectivity index (χ1n) is 13.7. The van der Waals surface area contributed by atoms with Crippen LogP contribution < -0.4 is 20.7 Å². The van der Waals surface area contributed by atoms with Crippen LogP contribution in [0.4, 0.5) is 8.78 Å². The number of nitrogens with one attached hydrogen (secondary N) is 3. The van der Waals surface area contributed by atoms with Gasteiger partial charge in [0.25, 0.3) is 11.8 Å². The van der Waals surface area contributed by atoms with Gasteiger partial charge in [0.05, 0.1) is 6.04 Å². The molecular weight excluding hydrogens is 580 g/mol. The Balaban J connectivity index is 1.68. The molecule has 0 saturated carbocycles. The van der Waals surface area contributed by atoms with E-state index in [-0.39, 0.29) is 13.0 Å². The average molecular weight is 614 g/mol. The van der Waals surface area contributed by atoms with E-state index in [1.54, 1.807) is 78.9 Å². The van der Waals surface area contributed by atoms with E-state index in [0.717, 1.165) is 5.56 Å². The van der Waals surface area contributed by atoms with E-state index in [2.05, 4.69) is 16.0 Å². The molecule has 0 fully saturated rings. The summed E-state index contributed by atoms with van der Waals surface area (Å²) in [5.41, 5.74) is 1.50. The van der Waals surface area contributed by atoms with Gasteiger partial charge in [0.1, 0.15) is 11.8 Å². The Bertz CT molecular complexity index is 1390. The molecule has 0 heterocycles. The number of rotatable bonds is 15. The topological polar surface area (TPSA) is 114 Å². The first kappa shape index (κ1) is 33.2. The highest BCUT2D eigenvalue weighted by atomic mass is 35.5. The fourth-order valence-electron chi connectivity index (χ4n) is 4.17. The number of ether oxygens (including phenoxy) is 1. The SMILES string of the molecule is CC(C)[C@H](NC(=O)[C@H](Cc1ccccc1)NC(=O)COc1cccc(Cl)c1)C(=O)C(F)(F)C(=O)NCCc1ccccc1. The molecule has 3 N–H and O–H groups in total. The molecule has 0 saturated heterocycles. The number of hydrogen-bond donors (Lipinski definition) is 3. The van der Waals surface area contributed by atoms with Crippen LogP contribution in [0.1, 0.15) is 25.0 Å². The predicted octanol–water partition coefficient (Wildman–Crippen LogP) is 4.15. The van der Waals surface area contributed by atoms with Gasteiger partial charge in [-0.05, 0) is 41.7 Å². The molecule has 8 nitrogen and oxygen atoms in total. The standard InChI is InChI=1S/C32H34ClF2N3O5/c1-21(2)28(29(40)32(34,35)31(42)36-17-16-22-10-5-3-6-11-22)38-30(41)26(18-23-12-7-4-8-13-23)37-27(39)20-43-25-15-9-14-24(33)19-25/h3-15,19,21,26,28H,16-18,20H2,1-2H3,(H,36,42)(H,37,39)(H,38,41)/t26-,28-/m0/s1. The van der Waals surface area contributed by atoms with Gasteiger partial charge in [0.2, 0.25) is 11.7 Å². The normalized spacial score (nSPS) is 12.6. The highest BCUT2D eigenvalue weighted by Crippen LogP contribution is 2.21. The van der Waals surface area contributed by atoms with Gasteiger partial charge in [-0.25, -0.2) is 0 Å². The zero-order chi connectivity index (χ0) is 31.4. The zero-order valence-corrected chi connectivity index (χ0v) is 24.6. The maximum Gasteiger partial charge on any atom is 0.383 e. The third-order valence-corrected chi connectivity index (χ3v) is 6.72. The summed E-state index contributed by atoms with van der Waals surface area (Å²) in [7, 11) is 0. The average Bonchev–Trinajstić information content (AvgIpc) is 2.99. The number of benzene rings is 3. The highest BCUT2D eigenvalue weighted by Gasteiger charge is 2.51. The Labute approximate surface area is 254 Å². The Morgan fingerprint density at radius 1 is 0.860 bits per heavy atom. The van der Waals surface area contributed by atoms with Crippen molar-refractivity contribution in [1.29, 1.82) is 0 Å². The van der Waals surface area contributed by atoms with E-state index in [1.165, 1.54) is 19.9 Å². The van der Waals surface area contributed by atoms with Crippen LogP contribution in [0.3, 0.4) is 0 Å². The maximum absolute atomic E-state index is 15.0. The molecule has 0 aromatic heterocycles. The summed E-state index contributed by atoms with van der Waals surface area (Å²) in [6.45, 7) is 2.38. The van der Waals surface area contributed by atoms with Crippen molar-refractivity contribution >= 4 is 35.1 Å². The molecule has 11 heteroatoms. The number of Topliss-reactive ketones (excluding diaryl/α,β-unsaturated/α-hetero) is 1. The van der Waals surface area contributed by atoms with E-state index < -0.39 is 54.0 Å². The minimum atomic E-state index is -4.40. The lowest BCUT2D eigenvalue weighted by atomic mass is 9.94. The third kappa shape index (κ3) is 10.2. The smallest absolute Gasteiger partial charge is 0.383 e. The van der Waals surface area contributed by atoms with Crippen molar-refractivity contribution < 1.29 is 32.7 Å². The van der Waals surface area contributed by atoms with E-state index in [0.29, 0.717) is 22.8 Å². The van der Waals surface area contributed by atoms with Crippen LogP contribution in [0.15, 0.2) is 84.9 Å². The molecule has 3 amide bonds. The Hall–Kier alpha value is -4.31. The molecule has 0 aliphatic heterocycles. The molecule has 0 bridgehead atoms. The molecule has 3 rings (SSSR count). The summed E-state index contributed by atoms with van der Waals surface area (Å²) in [5.74, 6) is -9.89. The number of halogens is 3. The molecular formula is C32H34ClF2N3O5. The molecule has 2 atom stereocenters. The molecule has 43 heavy (non-hydrogen) atoms. The molecule has 3 aromatic rings. The minimum Gasteiger partial charge on any atom is -0.484 e. The lowest BCUT2D eigenvalue weighted by Crippen LogP contribution is -2.59. The summed E-state index contributed by atoms with van der Waals surface area (Å²) in [4.78, 5) is 51.4. The minimum absolute atomic E-state index is 0.00491. The molecule has 0 aliphatic carbocycles. The van der Waals surface area contributed by atoms with Crippen molar-refractivity contribution in [2.45, 2.75) is 44.7 Å². The summed E-state index contributed by atoms with van der Waals surface area (Å²) in [6.07, 6.45) is 0.300. The fourth-order valence-corrected chi connectivity index (χ4v) is 4.35. The monoisotopic (exact) mass is 613 g/mol. The van der Waals surface area contributed by atoms with Gasteiger partial charge in [-0.1, -0.05) is 92.2 Å². The summed E-state index contributed by atoms with van der Waals surface area (Å²) < 4.78 is 35.5. The van der Waals surface area contributed by atoms with Crippen LogP contribution in [0.2, 0.25) is 5.02 Å². The Kier molecular flexibility index (Phi) is 12.2. The largest absolute Gasteiger partial charge is 0.484 e. The highest BCUT2D eigenvalue weighted by molar-refractivity contribution is 6.30. The van der Waals surface area contributed by atoms with Gasteiger partial charge in [-0.2, -0.15) is 8.78 Å². The second kappa shape index (κ2) is 15.8. The second-order valence-electron chi connectivity index (χ2n) is 10.2. The van der Waals surface area contributed by atoms with Gasteiger partial charge in [-0.15, -0.1) is 0 Å². The summed E-state index contributed by atoms with van der Waals surface area (Å²) >= 11 is 5.94. The molecule has 0 radical (unpaired) electrons. The van der Waals surface area contributed by atoms with Crippen LogP contribution >= 0.6 is 11.6 Å². The first-order chi connectivity index (χ1) is 20.5. The van der Waals surface area contributed by atoms with Crippen LogP contribution in [-0.2, 0) is 32.0 Å². The van der Waals surface area contributed by atoms with Crippen molar-refractivity contribution in [1.82, 2.24) is 16.0 Å². The van der Waals surface area contributed by atoms with E-state index in [9.17, 15) is 19.2 Å². The Morgan fingerprint density at radius 2 is 1.49 bits per heavy atom. The van der Waals surface area contributed by atoms with Crippen LogP contribution in [0.5, 0.6) is 5.75 Å². The number of carbonyl (C=O) groups is 4. The number of ketones is 1. The lowest BCUT2D eigenvalue weighted by molar-refractivity contribution is -0.161. The van der Waals surface area contributed by atoms with Crippen molar-refractivity contribution in [3.63, 3.8) is 0 Å². The fraction of sp³-hybridized carbons (Fsp3) is 0.312. The summed E-state index contributed by atoms with van der Waals surface area (Å²) in [6, 6.07) is 21.1. The molecule has 3 aromatic carbocycles. The number of hydrogen-bond acceptors (Lipinski definition) is 5. The molecule has 0 aliphatic rings. The molecule has 228 valence electrons. The quantitative estimate of drug-likeness (QED) is 0.223. The van der Waals surface area contributed by atoms with Crippen LogP contribution in [0.25, 0.3) is 0 Å². The molecule has 0 unspecified atom stereocenters. The van der Waals surface area contributed by atoms with E-state index in [4.69, 9.17) is 16.3 Å². The Morgan fingerprint density at radius 3 is 2.09 bits per heavy atom. The van der Waals surface area contributed by atoms with Gasteiger partial charge in [0.15, 0.2) is 6.61 Å². The van der Waals surface area contributed by atoms with Crippen molar-refractivity contribution in [2.24, 2.45) is 5.92 Å². The lowest BCUT2D eigenvalue weighted by Gasteiger charge is -2.27. The maximum atomic E-state index is 15.0. The van der Waals surface area contributed by atoms with Gasteiger partial charge in [0, 0.05) is 18.0 Å².